The molecule has 0 radical (unpaired) electrons. The van der Waals surface area contributed by atoms with E-state index in [2.05, 4.69) is 24.9 Å². The van der Waals surface area contributed by atoms with Crippen LogP contribution in [0.4, 0.5) is 0 Å². The maximum Gasteiger partial charge on any atom is 0.0267 e. The Hall–Kier alpha value is -0.560. The summed E-state index contributed by atoms with van der Waals surface area (Å²) in [6.45, 7) is 5.74. The van der Waals surface area contributed by atoms with E-state index in [1.165, 1.54) is 10.4 Å². The van der Waals surface area contributed by atoms with E-state index in [1.54, 1.807) is 11.3 Å². The van der Waals surface area contributed by atoms with Gasteiger partial charge in [0.15, 0.2) is 0 Å². The second-order valence-electron chi connectivity index (χ2n) is 1.73. The highest BCUT2D eigenvalue weighted by Crippen LogP contribution is 2.13. The van der Waals surface area contributed by atoms with Crippen LogP contribution in [0, 0.1) is 6.92 Å². The summed E-state index contributed by atoms with van der Waals surface area (Å²) in [5.74, 6) is 0. The number of aryl methyl sites for hydroxylation is 1. The summed E-state index contributed by atoms with van der Waals surface area (Å²) in [6, 6.07) is 2.12. The fourth-order valence-corrected chi connectivity index (χ4v) is 1.30. The smallest absolute Gasteiger partial charge is 0.0267 e. The first-order valence-corrected chi connectivity index (χ1v) is 3.38. The molecule has 1 heterocycles. The van der Waals surface area contributed by atoms with E-state index in [0.717, 1.165) is 0 Å². The van der Waals surface area contributed by atoms with E-state index >= 15 is 0 Å². The summed E-state index contributed by atoms with van der Waals surface area (Å²) in [4.78, 5) is 1.25. The Bertz CT molecular complexity index is 186. The molecule has 0 nitrogen and oxygen atoms in total. The first-order valence-electron chi connectivity index (χ1n) is 2.50. The van der Waals surface area contributed by atoms with Crippen LogP contribution >= 0.6 is 11.3 Å². The lowest BCUT2D eigenvalue weighted by Gasteiger charge is -1.73. The highest BCUT2D eigenvalue weighted by molar-refractivity contribution is 7.11. The fourth-order valence-electron chi connectivity index (χ4n) is 0.560. The number of hydrogen-bond acceptors (Lipinski definition) is 1. The minimum absolute atomic E-state index is 1.25. The minimum atomic E-state index is 1.25. The molecule has 0 bridgehead atoms. The zero-order valence-electron chi connectivity index (χ0n) is 4.85. The van der Waals surface area contributed by atoms with Crippen LogP contribution in [0.1, 0.15) is 10.4 Å². The van der Waals surface area contributed by atoms with Crippen molar-refractivity contribution in [3.05, 3.63) is 28.5 Å². The molecule has 0 aliphatic carbocycles. The molecule has 0 N–H and O–H groups in total. The zero-order valence-corrected chi connectivity index (χ0v) is 5.66. The Kier molecular flexibility index (Phi) is 1.49. The van der Waals surface area contributed by atoms with Crippen molar-refractivity contribution in [2.45, 2.75) is 6.92 Å². The van der Waals surface area contributed by atoms with Crippen molar-refractivity contribution in [2.24, 2.45) is 0 Å². The summed E-state index contributed by atoms with van der Waals surface area (Å²) in [6.07, 6.45) is 1.87. The molecule has 0 unspecified atom stereocenters. The van der Waals surface area contributed by atoms with Crippen molar-refractivity contribution in [1.82, 2.24) is 0 Å². The van der Waals surface area contributed by atoms with Crippen molar-refractivity contribution in [1.29, 1.82) is 0 Å². The van der Waals surface area contributed by atoms with Crippen molar-refractivity contribution in [3.8, 4) is 0 Å². The minimum Gasteiger partial charge on any atom is -0.144 e. The van der Waals surface area contributed by atoms with E-state index in [-0.39, 0.29) is 0 Å². The second kappa shape index (κ2) is 2.14. The van der Waals surface area contributed by atoms with Gasteiger partial charge in [-0.05, 0) is 23.9 Å². The molecule has 1 rings (SSSR count). The van der Waals surface area contributed by atoms with Gasteiger partial charge in [0.25, 0.3) is 0 Å². The lowest BCUT2D eigenvalue weighted by molar-refractivity contribution is 1.55. The van der Waals surface area contributed by atoms with Crippen LogP contribution in [0.3, 0.4) is 0 Å². The number of thiophene rings is 1. The number of rotatable bonds is 1. The predicted molar refractivity (Wildman–Crippen MR) is 39.1 cm³/mol. The third-order valence-corrected chi connectivity index (χ3v) is 2.00. The third kappa shape index (κ3) is 0.984. The van der Waals surface area contributed by atoms with Gasteiger partial charge in [-0.25, -0.2) is 0 Å². The molecule has 0 aliphatic rings. The molecule has 0 spiro atoms. The average Bonchev–Trinajstić information content (AvgIpc) is 2.14. The van der Waals surface area contributed by atoms with E-state index < -0.39 is 0 Å². The van der Waals surface area contributed by atoms with Gasteiger partial charge in [0.05, 0.1) is 0 Å². The Labute approximate surface area is 53.5 Å². The molecule has 8 heavy (non-hydrogen) atoms. The Morgan fingerprint density at radius 1 is 1.75 bits per heavy atom. The van der Waals surface area contributed by atoms with Crippen LogP contribution in [0.2, 0.25) is 0 Å². The van der Waals surface area contributed by atoms with E-state index in [1.807, 2.05) is 6.08 Å². The van der Waals surface area contributed by atoms with Gasteiger partial charge in [-0.15, -0.1) is 11.3 Å². The molecule has 1 heteroatoms. The molecule has 0 aromatic carbocycles. The molecule has 0 fully saturated rings. The summed E-state index contributed by atoms with van der Waals surface area (Å²) >= 11 is 1.73. The van der Waals surface area contributed by atoms with Gasteiger partial charge in [0, 0.05) is 4.88 Å². The van der Waals surface area contributed by atoms with Crippen LogP contribution in [0.15, 0.2) is 18.0 Å². The van der Waals surface area contributed by atoms with Crippen molar-refractivity contribution in [3.63, 3.8) is 0 Å². The van der Waals surface area contributed by atoms with Crippen molar-refractivity contribution in [2.75, 3.05) is 0 Å². The molecular formula is C7H8S. The van der Waals surface area contributed by atoms with Crippen LogP contribution in [-0.4, -0.2) is 0 Å². The molecule has 0 aliphatic heterocycles. The maximum absolute atomic E-state index is 3.65. The first kappa shape index (κ1) is 5.57. The molecule has 0 atom stereocenters. The summed E-state index contributed by atoms with van der Waals surface area (Å²) in [5, 5.41) is 2.12. The van der Waals surface area contributed by atoms with Gasteiger partial charge in [-0.1, -0.05) is 12.7 Å². The van der Waals surface area contributed by atoms with E-state index in [4.69, 9.17) is 0 Å². The lowest BCUT2D eigenvalue weighted by atomic mass is 10.3. The molecule has 0 saturated heterocycles. The van der Waals surface area contributed by atoms with Crippen LogP contribution in [0.5, 0.6) is 0 Å². The van der Waals surface area contributed by atoms with Gasteiger partial charge in [0.1, 0.15) is 0 Å². The maximum atomic E-state index is 3.65. The second-order valence-corrected chi connectivity index (χ2v) is 2.67. The molecule has 1 aromatic rings. The van der Waals surface area contributed by atoms with E-state index in [0.29, 0.717) is 0 Å². The Balaban J connectivity index is 3.00. The molecule has 0 saturated carbocycles. The first-order chi connectivity index (χ1) is 3.83. The molecule has 42 valence electrons. The Morgan fingerprint density at radius 3 is 2.75 bits per heavy atom. The summed E-state index contributed by atoms with van der Waals surface area (Å²) in [7, 11) is 0. The van der Waals surface area contributed by atoms with Gasteiger partial charge in [-0.2, -0.15) is 0 Å². The largest absolute Gasteiger partial charge is 0.144 e. The van der Waals surface area contributed by atoms with Crippen LogP contribution in [0.25, 0.3) is 6.08 Å². The fraction of sp³-hybridized carbons (Fsp3) is 0.143. The number of hydrogen-bond donors (Lipinski definition) is 0. The SMILES string of the molecule is C=Cc1cc(C)cs1. The topological polar surface area (TPSA) is 0 Å². The molecule has 1 aromatic heterocycles. The third-order valence-electron chi connectivity index (χ3n) is 0.952. The van der Waals surface area contributed by atoms with Crippen molar-refractivity contribution < 1.29 is 0 Å². The highest BCUT2D eigenvalue weighted by atomic mass is 32.1. The zero-order chi connectivity index (χ0) is 5.98. The van der Waals surface area contributed by atoms with Gasteiger partial charge in [-0.3, -0.25) is 0 Å². The monoisotopic (exact) mass is 124 g/mol. The lowest BCUT2D eigenvalue weighted by Crippen LogP contribution is -1.54. The quantitative estimate of drug-likeness (QED) is 0.540. The normalized spacial score (nSPS) is 9.12. The van der Waals surface area contributed by atoms with Gasteiger partial charge >= 0.3 is 0 Å². The van der Waals surface area contributed by atoms with E-state index in [9.17, 15) is 0 Å². The van der Waals surface area contributed by atoms with Crippen LogP contribution < -0.4 is 0 Å². The van der Waals surface area contributed by atoms with Gasteiger partial charge in [0.2, 0.25) is 0 Å². The van der Waals surface area contributed by atoms with Crippen molar-refractivity contribution >= 4 is 17.4 Å². The standard InChI is InChI=1S/C7H8S/c1-3-7-4-6(2)5-8-7/h3-5H,1H2,2H3. The summed E-state index contributed by atoms with van der Waals surface area (Å²) < 4.78 is 0. The molecule has 0 amide bonds. The Morgan fingerprint density at radius 2 is 2.50 bits per heavy atom. The predicted octanol–water partition coefficient (Wildman–Crippen LogP) is 2.70. The van der Waals surface area contributed by atoms with Gasteiger partial charge < -0.3 is 0 Å². The highest BCUT2D eigenvalue weighted by Gasteiger charge is 1.86. The average molecular weight is 124 g/mol. The summed E-state index contributed by atoms with van der Waals surface area (Å²) in [5.41, 5.74) is 1.32. The molecular weight excluding hydrogens is 116 g/mol. The van der Waals surface area contributed by atoms with Crippen LogP contribution in [-0.2, 0) is 0 Å².